The SMILES string of the molecule is CC1CCC(CN)C(Sc2ccc(F)c(F)c2)C1. The van der Waals surface area contributed by atoms with Crippen LogP contribution in [-0.4, -0.2) is 11.8 Å². The van der Waals surface area contributed by atoms with Gasteiger partial charge in [0, 0.05) is 10.1 Å². The van der Waals surface area contributed by atoms with Gasteiger partial charge in [-0.2, -0.15) is 0 Å². The van der Waals surface area contributed by atoms with Gasteiger partial charge in [-0.05, 0) is 49.4 Å². The van der Waals surface area contributed by atoms with Crippen molar-refractivity contribution in [2.24, 2.45) is 17.6 Å². The third-order valence-electron chi connectivity index (χ3n) is 3.67. The van der Waals surface area contributed by atoms with Gasteiger partial charge in [-0.3, -0.25) is 0 Å². The van der Waals surface area contributed by atoms with Gasteiger partial charge >= 0.3 is 0 Å². The van der Waals surface area contributed by atoms with Crippen molar-refractivity contribution >= 4 is 11.8 Å². The van der Waals surface area contributed by atoms with E-state index in [1.54, 1.807) is 17.8 Å². The molecule has 2 rings (SSSR count). The number of hydrogen-bond acceptors (Lipinski definition) is 2. The lowest BCUT2D eigenvalue weighted by molar-refractivity contribution is 0.306. The molecule has 1 aliphatic rings. The average Bonchev–Trinajstić information content (AvgIpc) is 2.34. The molecule has 18 heavy (non-hydrogen) atoms. The summed E-state index contributed by atoms with van der Waals surface area (Å²) in [5.41, 5.74) is 5.80. The van der Waals surface area contributed by atoms with Crippen LogP contribution in [0.1, 0.15) is 26.2 Å². The lowest BCUT2D eigenvalue weighted by atomic mass is 9.82. The molecule has 0 amide bonds. The molecule has 0 spiro atoms. The van der Waals surface area contributed by atoms with E-state index in [4.69, 9.17) is 5.73 Å². The molecule has 0 aromatic heterocycles. The summed E-state index contributed by atoms with van der Waals surface area (Å²) in [4.78, 5) is 0.798. The van der Waals surface area contributed by atoms with Crippen LogP contribution in [-0.2, 0) is 0 Å². The maximum atomic E-state index is 13.2. The predicted molar refractivity (Wildman–Crippen MR) is 71.6 cm³/mol. The van der Waals surface area contributed by atoms with Crippen molar-refractivity contribution < 1.29 is 8.78 Å². The lowest BCUT2D eigenvalue weighted by Crippen LogP contribution is -2.31. The van der Waals surface area contributed by atoms with Crippen molar-refractivity contribution in [3.63, 3.8) is 0 Å². The van der Waals surface area contributed by atoms with Gasteiger partial charge in [-0.15, -0.1) is 11.8 Å². The van der Waals surface area contributed by atoms with Gasteiger partial charge in [-0.25, -0.2) is 8.78 Å². The molecule has 1 aliphatic carbocycles. The largest absolute Gasteiger partial charge is 0.330 e. The summed E-state index contributed by atoms with van der Waals surface area (Å²) >= 11 is 1.64. The Kier molecular flexibility index (Phi) is 4.62. The molecule has 1 fully saturated rings. The molecular formula is C14H19F2NS. The molecule has 2 N–H and O–H groups in total. The number of halogens is 2. The quantitative estimate of drug-likeness (QED) is 0.904. The first-order valence-corrected chi connectivity index (χ1v) is 7.30. The zero-order chi connectivity index (χ0) is 13.1. The van der Waals surface area contributed by atoms with Gasteiger partial charge in [-0.1, -0.05) is 13.3 Å². The van der Waals surface area contributed by atoms with Crippen LogP contribution in [0.25, 0.3) is 0 Å². The molecule has 0 saturated heterocycles. The minimum atomic E-state index is -0.785. The highest BCUT2D eigenvalue weighted by atomic mass is 32.2. The van der Waals surface area contributed by atoms with Crippen LogP contribution >= 0.6 is 11.8 Å². The molecule has 1 saturated carbocycles. The summed E-state index contributed by atoms with van der Waals surface area (Å²) in [5.74, 6) is -0.380. The Morgan fingerprint density at radius 1 is 1.28 bits per heavy atom. The molecule has 0 radical (unpaired) electrons. The number of thioether (sulfide) groups is 1. The number of nitrogens with two attached hydrogens (primary N) is 1. The van der Waals surface area contributed by atoms with Crippen LogP contribution in [0, 0.1) is 23.5 Å². The second kappa shape index (κ2) is 6.02. The Labute approximate surface area is 111 Å². The molecule has 0 bridgehead atoms. The van der Waals surface area contributed by atoms with Gasteiger partial charge in [0.15, 0.2) is 11.6 Å². The maximum Gasteiger partial charge on any atom is 0.159 e. The fourth-order valence-corrected chi connectivity index (χ4v) is 4.06. The zero-order valence-electron chi connectivity index (χ0n) is 10.5. The number of rotatable bonds is 3. The minimum absolute atomic E-state index is 0.420. The van der Waals surface area contributed by atoms with Crippen molar-refractivity contribution in [1.82, 2.24) is 0 Å². The van der Waals surface area contributed by atoms with E-state index in [2.05, 4.69) is 6.92 Å². The molecule has 1 nitrogen and oxygen atoms in total. The van der Waals surface area contributed by atoms with Crippen LogP contribution in [0.5, 0.6) is 0 Å². The predicted octanol–water partition coefficient (Wildman–Crippen LogP) is 3.82. The first-order valence-electron chi connectivity index (χ1n) is 6.42. The molecule has 1 aromatic carbocycles. The normalized spacial score (nSPS) is 28.3. The van der Waals surface area contributed by atoms with Gasteiger partial charge in [0.05, 0.1) is 0 Å². The van der Waals surface area contributed by atoms with Crippen molar-refractivity contribution in [3.8, 4) is 0 Å². The van der Waals surface area contributed by atoms with Crippen LogP contribution in [0.4, 0.5) is 8.78 Å². The van der Waals surface area contributed by atoms with E-state index in [9.17, 15) is 8.78 Å². The van der Waals surface area contributed by atoms with E-state index in [1.165, 1.54) is 18.6 Å². The van der Waals surface area contributed by atoms with Crippen LogP contribution in [0.15, 0.2) is 23.1 Å². The van der Waals surface area contributed by atoms with Crippen LogP contribution in [0.3, 0.4) is 0 Å². The zero-order valence-corrected chi connectivity index (χ0v) is 11.4. The summed E-state index contributed by atoms with van der Waals surface area (Å²) < 4.78 is 26.1. The van der Waals surface area contributed by atoms with Crippen molar-refractivity contribution in [2.75, 3.05) is 6.54 Å². The summed E-state index contributed by atoms with van der Waals surface area (Å²) in [6.45, 7) is 2.92. The lowest BCUT2D eigenvalue weighted by Gasteiger charge is -2.33. The second-order valence-electron chi connectivity index (χ2n) is 5.15. The monoisotopic (exact) mass is 271 g/mol. The van der Waals surface area contributed by atoms with Gasteiger partial charge in [0.25, 0.3) is 0 Å². The molecule has 1 aromatic rings. The highest BCUT2D eigenvalue weighted by Crippen LogP contribution is 2.39. The Hall–Kier alpha value is -0.610. The average molecular weight is 271 g/mol. The molecule has 3 atom stereocenters. The van der Waals surface area contributed by atoms with E-state index in [1.807, 2.05) is 0 Å². The second-order valence-corrected chi connectivity index (χ2v) is 6.46. The Morgan fingerprint density at radius 3 is 2.72 bits per heavy atom. The topological polar surface area (TPSA) is 26.0 Å². The fourth-order valence-electron chi connectivity index (χ4n) is 2.53. The fraction of sp³-hybridized carbons (Fsp3) is 0.571. The molecule has 3 unspecified atom stereocenters. The van der Waals surface area contributed by atoms with Crippen LogP contribution in [0.2, 0.25) is 0 Å². The summed E-state index contributed by atoms with van der Waals surface area (Å²) in [6.07, 6.45) is 3.46. The molecule has 100 valence electrons. The van der Waals surface area contributed by atoms with E-state index >= 15 is 0 Å². The Morgan fingerprint density at radius 2 is 2.06 bits per heavy atom. The third kappa shape index (κ3) is 3.23. The van der Waals surface area contributed by atoms with E-state index in [-0.39, 0.29) is 0 Å². The Bertz CT molecular complexity index is 411. The summed E-state index contributed by atoms with van der Waals surface area (Å²) in [6, 6.07) is 4.13. The van der Waals surface area contributed by atoms with Crippen molar-refractivity contribution in [1.29, 1.82) is 0 Å². The Balaban J connectivity index is 2.08. The first kappa shape index (κ1) is 13.8. The van der Waals surface area contributed by atoms with Gasteiger partial charge in [0.1, 0.15) is 0 Å². The number of hydrogen-bond donors (Lipinski definition) is 1. The maximum absolute atomic E-state index is 13.2. The van der Waals surface area contributed by atoms with Crippen molar-refractivity contribution in [2.45, 2.75) is 36.3 Å². The van der Waals surface area contributed by atoms with E-state index < -0.39 is 11.6 Å². The minimum Gasteiger partial charge on any atom is -0.330 e. The smallest absolute Gasteiger partial charge is 0.159 e. The molecule has 0 aliphatic heterocycles. The van der Waals surface area contributed by atoms with Gasteiger partial charge < -0.3 is 5.73 Å². The highest BCUT2D eigenvalue weighted by molar-refractivity contribution is 8.00. The molecule has 0 heterocycles. The summed E-state index contributed by atoms with van der Waals surface area (Å²) in [5, 5.41) is 0.420. The summed E-state index contributed by atoms with van der Waals surface area (Å²) in [7, 11) is 0. The van der Waals surface area contributed by atoms with E-state index in [0.29, 0.717) is 23.6 Å². The standard InChI is InChI=1S/C14H19F2NS/c1-9-2-3-10(8-17)14(6-9)18-11-4-5-12(15)13(16)7-11/h4-5,7,9-10,14H,2-3,6,8,17H2,1H3. The number of benzene rings is 1. The molecule has 4 heteroatoms. The first-order chi connectivity index (χ1) is 8.60. The molecular weight excluding hydrogens is 252 g/mol. The van der Waals surface area contributed by atoms with Gasteiger partial charge in [0.2, 0.25) is 0 Å². The highest BCUT2D eigenvalue weighted by Gasteiger charge is 2.28. The third-order valence-corrected chi connectivity index (χ3v) is 5.08. The van der Waals surface area contributed by atoms with E-state index in [0.717, 1.165) is 17.7 Å². The van der Waals surface area contributed by atoms with Crippen LogP contribution < -0.4 is 5.73 Å². The van der Waals surface area contributed by atoms with Crippen molar-refractivity contribution in [3.05, 3.63) is 29.8 Å².